The van der Waals surface area contributed by atoms with Crippen molar-refractivity contribution in [2.75, 3.05) is 9.80 Å². The van der Waals surface area contributed by atoms with Crippen LogP contribution >= 0.6 is 0 Å². The predicted molar refractivity (Wildman–Crippen MR) is 121 cm³/mol. The summed E-state index contributed by atoms with van der Waals surface area (Å²) in [5, 5.41) is 0. The predicted octanol–water partition coefficient (Wildman–Crippen LogP) is 5.40. The summed E-state index contributed by atoms with van der Waals surface area (Å²) in [6.45, 7) is 13.5. The molecule has 0 aliphatic heterocycles. The summed E-state index contributed by atoms with van der Waals surface area (Å²) < 4.78 is 10.9. The Hall–Kier alpha value is -3.49. The molecule has 0 saturated carbocycles. The molecule has 2 aromatic rings. The molecule has 0 bridgehead atoms. The van der Waals surface area contributed by atoms with E-state index in [1.54, 1.807) is 79.7 Å². The molecule has 2 rings (SSSR count). The molecule has 0 radical (unpaired) electrons. The number of urea groups is 1. The van der Waals surface area contributed by atoms with Gasteiger partial charge in [0, 0.05) is 11.4 Å². The zero-order valence-corrected chi connectivity index (χ0v) is 19.8. The average Bonchev–Trinajstić information content (AvgIpc) is 2.59. The summed E-state index contributed by atoms with van der Waals surface area (Å²) in [6, 6.07) is 8.65. The van der Waals surface area contributed by atoms with Crippen LogP contribution in [0, 0.1) is 13.8 Å². The number of ether oxygens (including phenoxy) is 2. The molecule has 9 nitrogen and oxygen atoms in total. The molecule has 0 aliphatic carbocycles. The molecule has 0 fully saturated rings. The molecule has 0 aromatic carbocycles. The first-order chi connectivity index (χ1) is 14.7. The Kier molecular flexibility index (Phi) is 7.23. The molecule has 172 valence electrons. The van der Waals surface area contributed by atoms with Gasteiger partial charge in [0.05, 0.1) is 0 Å². The van der Waals surface area contributed by atoms with Crippen molar-refractivity contribution in [3.63, 3.8) is 0 Å². The average molecular weight is 443 g/mol. The van der Waals surface area contributed by atoms with Crippen LogP contribution in [0.3, 0.4) is 0 Å². The van der Waals surface area contributed by atoms with Crippen molar-refractivity contribution in [1.82, 2.24) is 9.97 Å². The molecule has 0 spiro atoms. The van der Waals surface area contributed by atoms with Crippen LogP contribution in [-0.4, -0.2) is 39.4 Å². The first kappa shape index (κ1) is 24.8. The summed E-state index contributed by atoms with van der Waals surface area (Å²) in [4.78, 5) is 49.8. The van der Waals surface area contributed by atoms with Crippen molar-refractivity contribution in [3.8, 4) is 0 Å². The Labute approximate surface area is 188 Å². The highest BCUT2D eigenvalue weighted by atomic mass is 16.6. The Balaban J connectivity index is 2.62. The number of hydrogen-bond donors (Lipinski definition) is 0. The first-order valence-electron chi connectivity index (χ1n) is 10.2. The number of amides is 4. The van der Waals surface area contributed by atoms with Crippen LogP contribution in [0.1, 0.15) is 52.9 Å². The monoisotopic (exact) mass is 442 g/mol. The van der Waals surface area contributed by atoms with Crippen molar-refractivity contribution in [1.29, 1.82) is 0 Å². The van der Waals surface area contributed by atoms with Crippen LogP contribution in [0.15, 0.2) is 36.4 Å². The van der Waals surface area contributed by atoms with Gasteiger partial charge in [-0.25, -0.2) is 24.4 Å². The minimum absolute atomic E-state index is 0.00506. The summed E-state index contributed by atoms with van der Waals surface area (Å²) in [7, 11) is 0. The van der Waals surface area contributed by atoms with E-state index in [9.17, 15) is 14.4 Å². The third-order valence-electron chi connectivity index (χ3n) is 3.74. The van der Waals surface area contributed by atoms with Gasteiger partial charge in [-0.3, -0.25) is 0 Å². The van der Waals surface area contributed by atoms with E-state index in [-0.39, 0.29) is 11.6 Å². The van der Waals surface area contributed by atoms with E-state index >= 15 is 0 Å². The second-order valence-electron chi connectivity index (χ2n) is 9.19. The fraction of sp³-hybridized carbons (Fsp3) is 0.435. The molecule has 2 aromatic heterocycles. The molecule has 32 heavy (non-hydrogen) atoms. The Bertz CT molecular complexity index is 928. The zero-order valence-electron chi connectivity index (χ0n) is 19.8. The second-order valence-corrected chi connectivity index (χ2v) is 9.19. The maximum Gasteiger partial charge on any atom is 0.424 e. The summed E-state index contributed by atoms with van der Waals surface area (Å²) in [5.41, 5.74) is -0.641. The third kappa shape index (κ3) is 6.76. The minimum atomic E-state index is -1.02. The van der Waals surface area contributed by atoms with Gasteiger partial charge in [0.25, 0.3) is 0 Å². The Morgan fingerprint density at radius 2 is 1.03 bits per heavy atom. The summed E-state index contributed by atoms with van der Waals surface area (Å²) in [6.07, 6.45) is -1.97. The van der Waals surface area contributed by atoms with E-state index in [1.165, 1.54) is 12.1 Å². The van der Waals surface area contributed by atoms with Gasteiger partial charge in [0.2, 0.25) is 0 Å². The van der Waals surface area contributed by atoms with E-state index in [0.29, 0.717) is 21.2 Å². The van der Waals surface area contributed by atoms with Crippen LogP contribution in [0.4, 0.5) is 26.0 Å². The van der Waals surface area contributed by atoms with Crippen molar-refractivity contribution in [3.05, 3.63) is 47.8 Å². The largest absolute Gasteiger partial charge is 0.443 e. The first-order valence-corrected chi connectivity index (χ1v) is 10.2. The van der Waals surface area contributed by atoms with E-state index in [0.717, 1.165) is 0 Å². The number of imide groups is 2. The molecule has 4 amide bonds. The number of aryl methyl sites for hydroxylation is 2. The number of rotatable bonds is 2. The SMILES string of the molecule is Cc1cccc(N(C(=O)OC(C)(C)C)C(=O)N(C(=O)OC(C)(C)C)c2cccc(C)n2)n1. The molecule has 0 N–H and O–H groups in total. The quantitative estimate of drug-likeness (QED) is 0.614. The van der Waals surface area contributed by atoms with E-state index in [2.05, 4.69) is 9.97 Å². The normalized spacial score (nSPS) is 11.5. The smallest absolute Gasteiger partial charge is 0.424 e. The lowest BCUT2D eigenvalue weighted by Gasteiger charge is -2.30. The lowest BCUT2D eigenvalue weighted by Crippen LogP contribution is -2.52. The van der Waals surface area contributed by atoms with Crippen LogP contribution in [0.2, 0.25) is 0 Å². The van der Waals surface area contributed by atoms with E-state index < -0.39 is 29.4 Å². The molecule has 0 unspecified atom stereocenters. The van der Waals surface area contributed by atoms with Crippen molar-refractivity contribution in [2.24, 2.45) is 0 Å². The highest BCUT2D eigenvalue weighted by Gasteiger charge is 2.39. The van der Waals surface area contributed by atoms with E-state index in [4.69, 9.17) is 9.47 Å². The maximum absolute atomic E-state index is 13.7. The van der Waals surface area contributed by atoms with Gasteiger partial charge in [0.1, 0.15) is 22.8 Å². The number of pyridine rings is 2. The molecule has 2 heterocycles. The molecular formula is C23H30N4O5. The molecule has 0 atom stereocenters. The van der Waals surface area contributed by atoms with Crippen molar-refractivity contribution >= 4 is 29.9 Å². The van der Waals surface area contributed by atoms with Crippen LogP contribution < -0.4 is 9.80 Å². The van der Waals surface area contributed by atoms with Gasteiger partial charge < -0.3 is 9.47 Å². The minimum Gasteiger partial charge on any atom is -0.443 e. The summed E-state index contributed by atoms with van der Waals surface area (Å²) in [5.74, 6) is 0.0101. The van der Waals surface area contributed by atoms with Gasteiger partial charge in [-0.05, 0) is 79.7 Å². The topological polar surface area (TPSA) is 102 Å². The van der Waals surface area contributed by atoms with Gasteiger partial charge >= 0.3 is 18.2 Å². The van der Waals surface area contributed by atoms with Gasteiger partial charge in [-0.2, -0.15) is 9.80 Å². The second kappa shape index (κ2) is 9.33. The molecule has 9 heteroatoms. The highest BCUT2D eigenvalue weighted by Crippen LogP contribution is 2.23. The fourth-order valence-electron chi connectivity index (χ4n) is 2.56. The van der Waals surface area contributed by atoms with Crippen molar-refractivity contribution < 1.29 is 23.9 Å². The third-order valence-corrected chi connectivity index (χ3v) is 3.74. The highest BCUT2D eigenvalue weighted by molar-refractivity contribution is 6.24. The molecular weight excluding hydrogens is 412 g/mol. The number of anilines is 2. The summed E-state index contributed by atoms with van der Waals surface area (Å²) >= 11 is 0. The standard InChI is InChI=1S/C23H30N4O5/c1-15-11-9-13-17(24-15)26(20(29)31-22(3,4)5)19(28)27(21(30)32-23(6,7)8)18-14-10-12-16(2)25-18/h9-14H,1-8H3. The van der Waals surface area contributed by atoms with Gasteiger partial charge in [0.15, 0.2) is 0 Å². The Morgan fingerprint density at radius 1 is 0.688 bits per heavy atom. The van der Waals surface area contributed by atoms with Gasteiger partial charge in [-0.15, -0.1) is 0 Å². The number of hydrogen-bond acceptors (Lipinski definition) is 7. The Morgan fingerprint density at radius 3 is 1.31 bits per heavy atom. The lowest BCUT2D eigenvalue weighted by atomic mass is 10.2. The van der Waals surface area contributed by atoms with Crippen LogP contribution in [-0.2, 0) is 9.47 Å². The zero-order chi connectivity index (χ0) is 24.3. The van der Waals surface area contributed by atoms with Crippen LogP contribution in [0.25, 0.3) is 0 Å². The number of carbonyl (C=O) groups excluding carboxylic acids is 3. The number of nitrogens with zero attached hydrogens (tertiary/aromatic N) is 4. The van der Waals surface area contributed by atoms with E-state index in [1.807, 2.05) is 0 Å². The van der Waals surface area contributed by atoms with Crippen molar-refractivity contribution in [2.45, 2.75) is 66.6 Å². The van der Waals surface area contributed by atoms with Crippen LogP contribution in [0.5, 0.6) is 0 Å². The van der Waals surface area contributed by atoms with Gasteiger partial charge in [-0.1, -0.05) is 12.1 Å². The number of aromatic nitrogens is 2. The fourth-order valence-corrected chi connectivity index (χ4v) is 2.56. The molecule has 0 aliphatic rings. The molecule has 0 saturated heterocycles. The lowest BCUT2D eigenvalue weighted by molar-refractivity contribution is 0.0577. The maximum atomic E-state index is 13.7. The number of carbonyl (C=O) groups is 3.